The molecule has 0 bridgehead atoms. The first kappa shape index (κ1) is 28.8. The Kier molecular flexibility index (Phi) is 9.43. The predicted molar refractivity (Wildman–Crippen MR) is 155 cm³/mol. The molecule has 0 N–H and O–H groups in total. The van der Waals surface area contributed by atoms with E-state index in [9.17, 15) is 0 Å². The number of thiazole rings is 1. The molecular formula is C28H24Cl2N4O3S2. The second-order valence-corrected chi connectivity index (χ2v) is 12.4. The van der Waals surface area contributed by atoms with E-state index >= 15 is 0 Å². The van der Waals surface area contributed by atoms with Gasteiger partial charge in [0, 0.05) is 29.0 Å². The van der Waals surface area contributed by atoms with Crippen molar-refractivity contribution in [1.29, 1.82) is 0 Å². The number of thioether (sulfide) groups is 1. The summed E-state index contributed by atoms with van der Waals surface area (Å²) in [7, 11) is 0. The lowest BCUT2D eigenvalue weighted by Gasteiger charge is -2.05. The van der Waals surface area contributed by atoms with Gasteiger partial charge in [-0.2, -0.15) is 14.7 Å². The number of halogens is 2. The summed E-state index contributed by atoms with van der Waals surface area (Å²) < 4.78 is 8.57. The standard InChI is InChI=1S/C27H24Cl2N4OS2.CO2/c1-15(2)35-26-25(19-10-11-21(28)22(29)13-19)30-27(36-26)33-14-20(16(3)31-33)24-17(4)34-32-23(24)12-18-8-6-5-7-9-18;2-1-3/h5-11,13-15H,12H2,1-4H3;. The molecular weight excluding hydrogens is 575 g/mol. The van der Waals surface area contributed by atoms with Crippen LogP contribution in [0.25, 0.3) is 27.5 Å². The van der Waals surface area contributed by atoms with Crippen LogP contribution in [-0.4, -0.2) is 31.3 Å². The molecule has 0 saturated heterocycles. The molecule has 0 radical (unpaired) electrons. The lowest BCUT2D eigenvalue weighted by Crippen LogP contribution is -1.94. The van der Waals surface area contributed by atoms with Crippen molar-refractivity contribution in [3.05, 3.63) is 87.5 Å². The summed E-state index contributed by atoms with van der Waals surface area (Å²) in [6.07, 6.45) is 2.96. The van der Waals surface area contributed by atoms with Crippen LogP contribution in [0.4, 0.5) is 0 Å². The monoisotopic (exact) mass is 598 g/mol. The molecule has 0 aliphatic carbocycles. The normalized spacial score (nSPS) is 10.8. The van der Waals surface area contributed by atoms with Crippen LogP contribution in [0.3, 0.4) is 0 Å². The van der Waals surface area contributed by atoms with Gasteiger partial charge in [-0.1, -0.05) is 89.9 Å². The summed E-state index contributed by atoms with van der Waals surface area (Å²) in [5.41, 5.74) is 6.75. The number of nitrogens with zero attached hydrogens (tertiary/aromatic N) is 4. The van der Waals surface area contributed by atoms with E-state index in [1.807, 2.05) is 55.1 Å². The van der Waals surface area contributed by atoms with Gasteiger partial charge in [0.05, 0.1) is 36.9 Å². The van der Waals surface area contributed by atoms with Crippen LogP contribution in [0.2, 0.25) is 10.0 Å². The lowest BCUT2D eigenvalue weighted by molar-refractivity contribution is -0.191. The Morgan fingerprint density at radius 1 is 1.08 bits per heavy atom. The van der Waals surface area contributed by atoms with Crippen molar-refractivity contribution in [3.63, 3.8) is 0 Å². The van der Waals surface area contributed by atoms with Crippen molar-refractivity contribution in [2.45, 2.75) is 43.6 Å². The zero-order chi connectivity index (χ0) is 28.1. The SMILES string of the molecule is Cc1nn(-c2nc(-c3ccc(Cl)c(Cl)c3)c(SC(C)C)s2)cc1-c1c(Cc2ccccc2)noc1C.O=C=O. The fourth-order valence-electron chi connectivity index (χ4n) is 3.99. The molecule has 0 aliphatic rings. The van der Waals surface area contributed by atoms with Crippen LogP contribution in [0.5, 0.6) is 0 Å². The van der Waals surface area contributed by atoms with E-state index in [2.05, 4.69) is 31.1 Å². The molecule has 0 saturated carbocycles. The van der Waals surface area contributed by atoms with E-state index in [-0.39, 0.29) is 6.15 Å². The molecule has 0 atom stereocenters. The summed E-state index contributed by atoms with van der Waals surface area (Å²) in [6.45, 7) is 8.28. The van der Waals surface area contributed by atoms with Gasteiger partial charge in [-0.15, -0.1) is 11.8 Å². The number of hydrogen-bond acceptors (Lipinski definition) is 8. The van der Waals surface area contributed by atoms with Crippen molar-refractivity contribution in [1.82, 2.24) is 19.9 Å². The fourth-order valence-corrected chi connectivity index (χ4v) is 6.73. The molecule has 2 aromatic carbocycles. The second kappa shape index (κ2) is 12.8. The molecule has 0 spiro atoms. The Morgan fingerprint density at radius 2 is 1.79 bits per heavy atom. The highest BCUT2D eigenvalue weighted by atomic mass is 35.5. The first-order valence-electron chi connectivity index (χ1n) is 11.9. The van der Waals surface area contributed by atoms with E-state index in [1.165, 1.54) is 5.56 Å². The van der Waals surface area contributed by atoms with E-state index in [4.69, 9.17) is 47.4 Å². The molecule has 0 aliphatic heterocycles. The third-order valence-corrected chi connectivity index (χ3v) is 8.63. The third-order valence-electron chi connectivity index (χ3n) is 5.63. The maximum absolute atomic E-state index is 8.12. The number of carbonyl (C=O) groups excluding carboxylic acids is 2. The van der Waals surface area contributed by atoms with Gasteiger partial charge in [-0.25, -0.2) is 9.67 Å². The highest BCUT2D eigenvalue weighted by Crippen LogP contribution is 2.41. The Bertz CT molecular complexity index is 1620. The molecule has 0 unspecified atom stereocenters. The molecule has 3 aromatic heterocycles. The highest BCUT2D eigenvalue weighted by Gasteiger charge is 2.22. The number of aromatic nitrogens is 4. The highest BCUT2D eigenvalue weighted by molar-refractivity contribution is 8.01. The van der Waals surface area contributed by atoms with Crippen LogP contribution >= 0.6 is 46.3 Å². The summed E-state index contributed by atoms with van der Waals surface area (Å²) in [5.74, 6) is 0.773. The van der Waals surface area contributed by atoms with Crippen molar-refractivity contribution in [2.24, 2.45) is 0 Å². The van der Waals surface area contributed by atoms with Gasteiger partial charge in [-0.3, -0.25) is 0 Å². The van der Waals surface area contributed by atoms with Gasteiger partial charge < -0.3 is 4.52 Å². The molecule has 5 rings (SSSR count). The van der Waals surface area contributed by atoms with Crippen molar-refractivity contribution in [3.8, 4) is 27.5 Å². The summed E-state index contributed by atoms with van der Waals surface area (Å²) in [4.78, 5) is 21.2. The summed E-state index contributed by atoms with van der Waals surface area (Å²) in [5, 5.41) is 11.4. The average Bonchev–Trinajstić information content (AvgIpc) is 3.58. The number of hydrogen-bond donors (Lipinski definition) is 0. The van der Waals surface area contributed by atoms with Gasteiger partial charge in [-0.05, 0) is 31.5 Å². The molecule has 0 fully saturated rings. The average molecular weight is 600 g/mol. The Hall–Kier alpha value is -3.20. The van der Waals surface area contributed by atoms with Crippen LogP contribution in [-0.2, 0) is 16.0 Å². The largest absolute Gasteiger partial charge is 0.373 e. The third kappa shape index (κ3) is 6.69. The van der Waals surface area contributed by atoms with Crippen molar-refractivity contribution in [2.75, 3.05) is 0 Å². The molecule has 39 heavy (non-hydrogen) atoms. The lowest BCUT2D eigenvalue weighted by atomic mass is 10.0. The predicted octanol–water partition coefficient (Wildman–Crippen LogP) is 8.08. The first-order chi connectivity index (χ1) is 18.7. The molecule has 3 heterocycles. The topological polar surface area (TPSA) is 90.9 Å². The van der Waals surface area contributed by atoms with Gasteiger partial charge in [0.15, 0.2) is 0 Å². The van der Waals surface area contributed by atoms with E-state index in [1.54, 1.807) is 29.2 Å². The quantitative estimate of drug-likeness (QED) is 0.175. The van der Waals surface area contributed by atoms with Crippen LogP contribution in [0.1, 0.15) is 36.6 Å². The van der Waals surface area contributed by atoms with E-state index in [0.29, 0.717) is 21.7 Å². The van der Waals surface area contributed by atoms with Gasteiger partial charge in [0.2, 0.25) is 5.13 Å². The minimum absolute atomic E-state index is 0.250. The van der Waals surface area contributed by atoms with Crippen LogP contribution in [0, 0.1) is 13.8 Å². The second-order valence-electron chi connectivity index (χ2n) is 8.81. The Balaban J connectivity index is 0.00000112. The Labute approximate surface area is 244 Å². The smallest absolute Gasteiger partial charge is 0.361 e. The van der Waals surface area contributed by atoms with Crippen LogP contribution < -0.4 is 0 Å². The van der Waals surface area contributed by atoms with Crippen LogP contribution in [0.15, 0.2) is 63.5 Å². The number of aryl methyl sites for hydroxylation is 2. The molecule has 7 nitrogen and oxygen atoms in total. The summed E-state index contributed by atoms with van der Waals surface area (Å²) >= 11 is 15.9. The maximum Gasteiger partial charge on any atom is 0.373 e. The summed E-state index contributed by atoms with van der Waals surface area (Å²) in [6, 6.07) is 15.9. The first-order valence-corrected chi connectivity index (χ1v) is 14.3. The molecule has 0 amide bonds. The zero-order valence-electron chi connectivity index (χ0n) is 21.6. The molecule has 5 aromatic rings. The van der Waals surface area contributed by atoms with E-state index in [0.717, 1.165) is 48.9 Å². The van der Waals surface area contributed by atoms with Gasteiger partial charge in [0.25, 0.3) is 0 Å². The Morgan fingerprint density at radius 3 is 2.46 bits per heavy atom. The van der Waals surface area contributed by atoms with Crippen molar-refractivity contribution < 1.29 is 14.1 Å². The van der Waals surface area contributed by atoms with Gasteiger partial charge in [0.1, 0.15) is 5.76 Å². The van der Waals surface area contributed by atoms with Gasteiger partial charge >= 0.3 is 6.15 Å². The zero-order valence-corrected chi connectivity index (χ0v) is 24.7. The number of benzene rings is 2. The molecule has 11 heteroatoms. The minimum atomic E-state index is 0.250. The van der Waals surface area contributed by atoms with Crippen molar-refractivity contribution >= 4 is 52.5 Å². The fraction of sp³-hybridized carbons (Fsp3) is 0.214. The minimum Gasteiger partial charge on any atom is -0.361 e. The molecule has 200 valence electrons. The number of rotatable bonds is 7. The maximum atomic E-state index is 8.12. The van der Waals surface area contributed by atoms with E-state index < -0.39 is 0 Å².